The number of aryl methyl sites for hydroxylation is 1. The molecule has 0 saturated carbocycles. The van der Waals surface area contributed by atoms with E-state index >= 15 is 0 Å². The topological polar surface area (TPSA) is 9.23 Å². The van der Waals surface area contributed by atoms with E-state index in [1.54, 1.807) is 0 Å². The van der Waals surface area contributed by atoms with Crippen LogP contribution in [0.2, 0.25) is 0 Å². The predicted molar refractivity (Wildman–Crippen MR) is 88.6 cm³/mol. The van der Waals surface area contributed by atoms with Crippen LogP contribution in [-0.2, 0) is 6.42 Å². The summed E-state index contributed by atoms with van der Waals surface area (Å²) in [6.45, 7) is 2.91. The van der Waals surface area contributed by atoms with Gasteiger partial charge in [0.25, 0.3) is 0 Å². The van der Waals surface area contributed by atoms with Crippen LogP contribution in [0.5, 0.6) is 5.75 Å². The second-order valence-electron chi connectivity index (χ2n) is 5.68. The summed E-state index contributed by atoms with van der Waals surface area (Å²) < 4.78 is 19.0. The summed E-state index contributed by atoms with van der Waals surface area (Å²) in [5.41, 5.74) is 4.80. The molecule has 0 unspecified atom stereocenters. The summed E-state index contributed by atoms with van der Waals surface area (Å²) in [7, 11) is 0. The van der Waals surface area contributed by atoms with Gasteiger partial charge in [-0.05, 0) is 65.8 Å². The van der Waals surface area contributed by atoms with E-state index in [1.807, 2.05) is 12.1 Å². The van der Waals surface area contributed by atoms with Crippen LogP contribution < -0.4 is 4.74 Å². The molecule has 0 aromatic heterocycles. The van der Waals surface area contributed by atoms with E-state index in [-0.39, 0.29) is 5.82 Å². The number of allylic oxidation sites excluding steroid dienone is 1. The number of halogens is 1. The molecule has 0 aliphatic heterocycles. The third-order valence-electron chi connectivity index (χ3n) is 4.06. The molecule has 0 heterocycles. The lowest BCUT2D eigenvalue weighted by Crippen LogP contribution is -2.03. The zero-order valence-corrected chi connectivity index (χ0v) is 12.9. The molecule has 0 radical (unpaired) electrons. The largest absolute Gasteiger partial charge is 0.494 e. The summed E-state index contributed by atoms with van der Waals surface area (Å²) in [4.78, 5) is 0. The molecule has 1 aliphatic rings. The summed E-state index contributed by atoms with van der Waals surface area (Å²) >= 11 is 0. The van der Waals surface area contributed by atoms with Crippen LogP contribution in [0.15, 0.2) is 48.5 Å². The van der Waals surface area contributed by atoms with E-state index in [0.717, 1.165) is 43.6 Å². The molecule has 2 heteroatoms. The fraction of sp³-hybridized carbons (Fsp3) is 0.300. The van der Waals surface area contributed by atoms with Crippen LogP contribution in [0.3, 0.4) is 0 Å². The molecule has 1 aliphatic carbocycles. The zero-order chi connectivity index (χ0) is 15.4. The van der Waals surface area contributed by atoms with E-state index in [1.165, 1.54) is 28.8 Å². The van der Waals surface area contributed by atoms with Crippen molar-refractivity contribution >= 4 is 5.57 Å². The molecule has 2 aromatic rings. The van der Waals surface area contributed by atoms with E-state index in [2.05, 4.69) is 31.2 Å². The fourth-order valence-corrected chi connectivity index (χ4v) is 2.83. The summed E-state index contributed by atoms with van der Waals surface area (Å²) in [6.07, 6.45) is 6.51. The Morgan fingerprint density at radius 1 is 1.09 bits per heavy atom. The molecule has 2 aromatic carbocycles. The highest BCUT2D eigenvalue weighted by Gasteiger charge is 2.15. The van der Waals surface area contributed by atoms with E-state index in [4.69, 9.17) is 4.74 Å². The van der Waals surface area contributed by atoms with Crippen LogP contribution in [0.4, 0.5) is 4.39 Å². The van der Waals surface area contributed by atoms with E-state index in [0.29, 0.717) is 0 Å². The fourth-order valence-electron chi connectivity index (χ4n) is 2.83. The smallest absolute Gasteiger partial charge is 0.123 e. The molecule has 0 spiro atoms. The highest BCUT2D eigenvalue weighted by molar-refractivity contribution is 5.83. The van der Waals surface area contributed by atoms with Gasteiger partial charge in [-0.1, -0.05) is 37.6 Å². The first-order chi connectivity index (χ1) is 10.8. The Bertz CT molecular complexity index is 671. The average molecular weight is 296 g/mol. The maximum atomic E-state index is 13.1. The van der Waals surface area contributed by atoms with Crippen molar-refractivity contribution in [2.24, 2.45) is 0 Å². The molecule has 22 heavy (non-hydrogen) atoms. The van der Waals surface area contributed by atoms with Crippen LogP contribution in [-0.4, -0.2) is 6.61 Å². The predicted octanol–water partition coefficient (Wildman–Crippen LogP) is 5.38. The molecule has 0 N–H and O–H groups in total. The van der Waals surface area contributed by atoms with Crippen LogP contribution in [0, 0.1) is 5.82 Å². The molecule has 3 rings (SSSR count). The van der Waals surface area contributed by atoms with Crippen molar-refractivity contribution in [2.75, 3.05) is 6.61 Å². The Hall–Kier alpha value is -2.09. The minimum atomic E-state index is -0.197. The van der Waals surface area contributed by atoms with Gasteiger partial charge >= 0.3 is 0 Å². The Labute approximate surface area is 131 Å². The standard InChI is InChI=1S/C20H21FO/c1-2-3-13-22-18-12-9-15-5-4-6-19(20(15)14-18)16-7-10-17(21)11-8-16/h6-12,14H,2-5,13H2,1H3. The lowest BCUT2D eigenvalue weighted by atomic mass is 9.87. The number of hydrogen-bond donors (Lipinski definition) is 0. The molecule has 1 nitrogen and oxygen atoms in total. The SMILES string of the molecule is CCCCOc1ccc2c(c1)C(c1ccc(F)cc1)=CCC2. The maximum Gasteiger partial charge on any atom is 0.123 e. The van der Waals surface area contributed by atoms with Crippen LogP contribution in [0.1, 0.15) is 42.9 Å². The highest BCUT2D eigenvalue weighted by Crippen LogP contribution is 2.34. The van der Waals surface area contributed by atoms with Gasteiger partial charge in [0.1, 0.15) is 11.6 Å². The second kappa shape index (κ2) is 6.78. The minimum absolute atomic E-state index is 0.197. The Morgan fingerprint density at radius 2 is 1.91 bits per heavy atom. The minimum Gasteiger partial charge on any atom is -0.494 e. The Kier molecular flexibility index (Phi) is 4.57. The second-order valence-corrected chi connectivity index (χ2v) is 5.68. The van der Waals surface area contributed by atoms with Gasteiger partial charge in [-0.25, -0.2) is 4.39 Å². The summed E-state index contributed by atoms with van der Waals surface area (Å²) in [6, 6.07) is 13.1. The van der Waals surface area contributed by atoms with Crippen LogP contribution >= 0.6 is 0 Å². The molecule has 0 atom stereocenters. The number of rotatable bonds is 5. The van der Waals surface area contributed by atoms with Crippen molar-refractivity contribution in [1.29, 1.82) is 0 Å². The number of ether oxygens (including phenoxy) is 1. The van der Waals surface area contributed by atoms with Gasteiger partial charge < -0.3 is 4.74 Å². The number of hydrogen-bond acceptors (Lipinski definition) is 1. The zero-order valence-electron chi connectivity index (χ0n) is 12.9. The van der Waals surface area contributed by atoms with Crippen LogP contribution in [0.25, 0.3) is 5.57 Å². The molecule has 0 fully saturated rings. The third kappa shape index (κ3) is 3.22. The van der Waals surface area contributed by atoms with Crippen molar-refractivity contribution in [2.45, 2.75) is 32.6 Å². The third-order valence-corrected chi connectivity index (χ3v) is 4.06. The van der Waals surface area contributed by atoms with E-state index in [9.17, 15) is 4.39 Å². The van der Waals surface area contributed by atoms with E-state index < -0.39 is 0 Å². The Morgan fingerprint density at radius 3 is 2.68 bits per heavy atom. The van der Waals surface area contributed by atoms with Crippen molar-refractivity contribution in [3.63, 3.8) is 0 Å². The van der Waals surface area contributed by atoms with Gasteiger partial charge in [0, 0.05) is 0 Å². The first kappa shape index (κ1) is 14.8. The Balaban J connectivity index is 1.90. The van der Waals surface area contributed by atoms with Gasteiger partial charge in [0.15, 0.2) is 0 Å². The molecule has 0 amide bonds. The van der Waals surface area contributed by atoms with Crippen molar-refractivity contribution in [3.8, 4) is 5.75 Å². The molecule has 0 bridgehead atoms. The lowest BCUT2D eigenvalue weighted by molar-refractivity contribution is 0.309. The molecular weight excluding hydrogens is 275 g/mol. The molecular formula is C20H21FO. The van der Waals surface area contributed by atoms with Crippen molar-refractivity contribution in [3.05, 3.63) is 71.0 Å². The van der Waals surface area contributed by atoms with Gasteiger partial charge in [-0.2, -0.15) is 0 Å². The summed E-state index contributed by atoms with van der Waals surface area (Å²) in [5, 5.41) is 0. The number of benzene rings is 2. The van der Waals surface area contributed by atoms with Crippen molar-refractivity contribution in [1.82, 2.24) is 0 Å². The monoisotopic (exact) mass is 296 g/mol. The van der Waals surface area contributed by atoms with Gasteiger partial charge in [-0.3, -0.25) is 0 Å². The maximum absolute atomic E-state index is 13.1. The van der Waals surface area contributed by atoms with Crippen molar-refractivity contribution < 1.29 is 9.13 Å². The number of unbranched alkanes of at least 4 members (excludes halogenated alkanes) is 1. The first-order valence-electron chi connectivity index (χ1n) is 8.00. The number of fused-ring (bicyclic) bond motifs is 1. The average Bonchev–Trinajstić information content (AvgIpc) is 2.55. The first-order valence-corrected chi connectivity index (χ1v) is 8.00. The normalized spacial score (nSPS) is 13.5. The van der Waals surface area contributed by atoms with Gasteiger partial charge in [-0.15, -0.1) is 0 Å². The molecule has 114 valence electrons. The molecule has 0 saturated heterocycles. The summed E-state index contributed by atoms with van der Waals surface area (Å²) in [5.74, 6) is 0.721. The van der Waals surface area contributed by atoms with Gasteiger partial charge in [0.05, 0.1) is 6.61 Å². The lowest BCUT2D eigenvalue weighted by Gasteiger charge is -2.19. The highest BCUT2D eigenvalue weighted by atomic mass is 19.1. The quantitative estimate of drug-likeness (QED) is 0.673. The van der Waals surface area contributed by atoms with Gasteiger partial charge in [0.2, 0.25) is 0 Å².